The third kappa shape index (κ3) is 1.42. The van der Waals surface area contributed by atoms with Crippen LogP contribution in [0.1, 0.15) is 11.6 Å². The largest absolute Gasteiger partial charge is 0.318 e. The van der Waals surface area contributed by atoms with Crippen LogP contribution in [-0.4, -0.2) is 6.29 Å². The van der Waals surface area contributed by atoms with Gasteiger partial charge >= 0.3 is 0 Å². The third-order valence-corrected chi connectivity index (χ3v) is 1.33. The fourth-order valence-electron chi connectivity index (χ4n) is 0.754. The molecule has 2 nitrogen and oxygen atoms in total. The summed E-state index contributed by atoms with van der Waals surface area (Å²) in [6.07, 6.45) is 0.731. The Labute approximate surface area is 59.7 Å². The Morgan fingerprint density at radius 1 is 1.30 bits per heavy atom. The number of benzene rings is 1. The van der Waals surface area contributed by atoms with Gasteiger partial charge in [0, 0.05) is 0 Å². The van der Waals surface area contributed by atoms with Gasteiger partial charge in [-0.2, -0.15) is 0 Å². The molecule has 1 unspecified atom stereocenters. The Kier molecular flexibility index (Phi) is 2.18. The second-order valence-electron chi connectivity index (χ2n) is 2.07. The molecule has 0 saturated heterocycles. The van der Waals surface area contributed by atoms with Gasteiger partial charge in [0.2, 0.25) is 0 Å². The van der Waals surface area contributed by atoms with Crippen LogP contribution in [-0.2, 0) is 4.79 Å². The van der Waals surface area contributed by atoms with Gasteiger partial charge < -0.3 is 10.5 Å². The predicted molar refractivity (Wildman–Crippen MR) is 39.4 cm³/mol. The van der Waals surface area contributed by atoms with Crippen molar-refractivity contribution in [1.82, 2.24) is 0 Å². The van der Waals surface area contributed by atoms with Crippen molar-refractivity contribution in [3.63, 3.8) is 0 Å². The van der Waals surface area contributed by atoms with Gasteiger partial charge in [-0.3, -0.25) is 0 Å². The lowest BCUT2D eigenvalue weighted by Crippen LogP contribution is -2.10. The van der Waals surface area contributed by atoms with Crippen molar-refractivity contribution in [2.24, 2.45) is 5.73 Å². The second-order valence-corrected chi connectivity index (χ2v) is 2.07. The Morgan fingerprint density at radius 2 is 1.90 bits per heavy atom. The van der Waals surface area contributed by atoms with E-state index in [9.17, 15) is 4.79 Å². The fraction of sp³-hybridized carbons (Fsp3) is 0.125. The molecule has 1 atom stereocenters. The number of hydrogen-bond acceptors (Lipinski definition) is 2. The van der Waals surface area contributed by atoms with Crippen LogP contribution in [0.5, 0.6) is 0 Å². The molecule has 0 aliphatic carbocycles. The van der Waals surface area contributed by atoms with Crippen LogP contribution < -0.4 is 5.73 Å². The molecule has 0 aliphatic rings. The Hall–Kier alpha value is -1.15. The first-order valence-electron chi connectivity index (χ1n) is 3.10. The van der Waals surface area contributed by atoms with Gasteiger partial charge in [-0.1, -0.05) is 30.3 Å². The van der Waals surface area contributed by atoms with E-state index in [1.54, 1.807) is 0 Å². The molecule has 1 aromatic rings. The van der Waals surface area contributed by atoms with Crippen molar-refractivity contribution < 1.29 is 4.79 Å². The number of rotatable bonds is 2. The second kappa shape index (κ2) is 3.13. The molecule has 0 bridgehead atoms. The number of carbonyl (C=O) groups excluding carboxylic acids is 1. The molecule has 0 amide bonds. The first-order valence-corrected chi connectivity index (χ1v) is 3.10. The van der Waals surface area contributed by atoms with E-state index >= 15 is 0 Å². The SMILES string of the molecule is NC(C=O)c1ccccc1. The maximum atomic E-state index is 10.2. The predicted octanol–water partition coefficient (Wildman–Crippen LogP) is 0.885. The summed E-state index contributed by atoms with van der Waals surface area (Å²) in [5, 5.41) is 0. The maximum absolute atomic E-state index is 10.2. The minimum atomic E-state index is -0.471. The number of nitrogens with two attached hydrogens (primary N) is 1. The monoisotopic (exact) mass is 135 g/mol. The summed E-state index contributed by atoms with van der Waals surface area (Å²) in [7, 11) is 0. The van der Waals surface area contributed by atoms with Crippen molar-refractivity contribution >= 4 is 6.29 Å². The molecule has 2 N–H and O–H groups in total. The normalized spacial score (nSPS) is 12.5. The van der Waals surface area contributed by atoms with E-state index in [-0.39, 0.29) is 0 Å². The molecule has 52 valence electrons. The number of aldehydes is 1. The van der Waals surface area contributed by atoms with Crippen LogP contribution in [0, 0.1) is 0 Å². The van der Waals surface area contributed by atoms with Crippen LogP contribution in [0.4, 0.5) is 0 Å². The lowest BCUT2D eigenvalue weighted by atomic mass is 10.1. The zero-order chi connectivity index (χ0) is 7.40. The summed E-state index contributed by atoms with van der Waals surface area (Å²) in [4.78, 5) is 10.2. The number of carbonyl (C=O) groups is 1. The summed E-state index contributed by atoms with van der Waals surface area (Å²) < 4.78 is 0. The van der Waals surface area contributed by atoms with Crippen molar-refractivity contribution in [3.05, 3.63) is 35.9 Å². The number of hydrogen-bond donors (Lipinski definition) is 1. The quantitative estimate of drug-likeness (QED) is 0.612. The van der Waals surface area contributed by atoms with E-state index in [2.05, 4.69) is 0 Å². The summed E-state index contributed by atoms with van der Waals surface area (Å²) in [5.74, 6) is 0. The molecule has 0 aliphatic heterocycles. The molecule has 0 aromatic heterocycles. The van der Waals surface area contributed by atoms with Crippen molar-refractivity contribution in [1.29, 1.82) is 0 Å². The summed E-state index contributed by atoms with van der Waals surface area (Å²) in [6.45, 7) is 0. The Bertz CT molecular complexity index is 208. The lowest BCUT2D eigenvalue weighted by molar-refractivity contribution is -0.109. The first-order chi connectivity index (χ1) is 4.84. The van der Waals surface area contributed by atoms with Crippen LogP contribution >= 0.6 is 0 Å². The lowest BCUT2D eigenvalue weighted by Gasteiger charge is -2.00. The highest BCUT2D eigenvalue weighted by molar-refractivity contribution is 5.60. The van der Waals surface area contributed by atoms with Gasteiger partial charge in [0.25, 0.3) is 0 Å². The molecular formula is C8H9NO. The molecule has 1 rings (SSSR count). The van der Waals surface area contributed by atoms with Gasteiger partial charge in [0.15, 0.2) is 0 Å². The van der Waals surface area contributed by atoms with Crippen LogP contribution in [0.25, 0.3) is 0 Å². The van der Waals surface area contributed by atoms with E-state index in [0.717, 1.165) is 11.8 Å². The average molecular weight is 135 g/mol. The van der Waals surface area contributed by atoms with Gasteiger partial charge in [-0.15, -0.1) is 0 Å². The molecule has 10 heavy (non-hydrogen) atoms. The minimum absolute atomic E-state index is 0.471. The van der Waals surface area contributed by atoms with Gasteiger partial charge in [-0.25, -0.2) is 0 Å². The van der Waals surface area contributed by atoms with E-state index in [0.29, 0.717) is 0 Å². The molecule has 0 saturated carbocycles. The zero-order valence-corrected chi connectivity index (χ0v) is 5.53. The topological polar surface area (TPSA) is 43.1 Å². The molecular weight excluding hydrogens is 126 g/mol. The highest BCUT2D eigenvalue weighted by Crippen LogP contribution is 2.05. The zero-order valence-electron chi connectivity index (χ0n) is 5.53. The van der Waals surface area contributed by atoms with Crippen molar-refractivity contribution in [2.45, 2.75) is 6.04 Å². The van der Waals surface area contributed by atoms with Crippen LogP contribution in [0.15, 0.2) is 30.3 Å². The highest BCUT2D eigenvalue weighted by atomic mass is 16.1. The first kappa shape index (κ1) is 6.96. The van der Waals surface area contributed by atoms with Crippen LogP contribution in [0.3, 0.4) is 0 Å². The van der Waals surface area contributed by atoms with E-state index in [1.165, 1.54) is 0 Å². The van der Waals surface area contributed by atoms with Crippen molar-refractivity contribution in [2.75, 3.05) is 0 Å². The van der Waals surface area contributed by atoms with Gasteiger partial charge in [0.05, 0.1) is 6.04 Å². The molecule has 0 heterocycles. The van der Waals surface area contributed by atoms with Crippen molar-refractivity contribution in [3.8, 4) is 0 Å². The van der Waals surface area contributed by atoms with E-state index < -0.39 is 6.04 Å². The van der Waals surface area contributed by atoms with E-state index in [1.807, 2.05) is 30.3 Å². The summed E-state index contributed by atoms with van der Waals surface area (Å²) in [5.41, 5.74) is 6.29. The maximum Gasteiger partial charge on any atom is 0.141 e. The molecule has 0 radical (unpaired) electrons. The average Bonchev–Trinajstić information content (AvgIpc) is 2.05. The Morgan fingerprint density at radius 3 is 2.40 bits per heavy atom. The highest BCUT2D eigenvalue weighted by Gasteiger charge is 1.99. The summed E-state index contributed by atoms with van der Waals surface area (Å²) >= 11 is 0. The molecule has 2 heteroatoms. The van der Waals surface area contributed by atoms with E-state index in [4.69, 9.17) is 5.73 Å². The van der Waals surface area contributed by atoms with Gasteiger partial charge in [0.1, 0.15) is 6.29 Å². The molecule has 0 fully saturated rings. The fourth-order valence-corrected chi connectivity index (χ4v) is 0.754. The molecule has 1 aromatic carbocycles. The minimum Gasteiger partial charge on any atom is -0.318 e. The smallest absolute Gasteiger partial charge is 0.141 e. The Balaban J connectivity index is 2.84. The van der Waals surface area contributed by atoms with Gasteiger partial charge in [-0.05, 0) is 5.56 Å². The third-order valence-electron chi connectivity index (χ3n) is 1.33. The van der Waals surface area contributed by atoms with Crippen LogP contribution in [0.2, 0.25) is 0 Å². The molecule has 0 spiro atoms. The summed E-state index contributed by atoms with van der Waals surface area (Å²) in [6, 6.07) is 8.80. The standard InChI is InChI=1S/C8H9NO/c9-8(6-10)7-4-2-1-3-5-7/h1-6,8H,9H2.